The topological polar surface area (TPSA) is 57.2 Å². The number of rotatable bonds is 3. The van der Waals surface area contributed by atoms with Gasteiger partial charge in [0.15, 0.2) is 13.7 Å². The molecule has 0 spiro atoms. The third-order valence-electron chi connectivity index (χ3n) is 1.96. The second kappa shape index (κ2) is 7.81. The lowest BCUT2D eigenvalue weighted by Crippen LogP contribution is -3.68. The molecule has 0 bridgehead atoms. The summed E-state index contributed by atoms with van der Waals surface area (Å²) in [5.41, 5.74) is -5.65. The molecule has 0 aliphatic rings. The van der Waals surface area contributed by atoms with Crippen LogP contribution in [0.25, 0.3) is 0 Å². The molecule has 1 aromatic carbocycles. The summed E-state index contributed by atoms with van der Waals surface area (Å²) in [5, 5.41) is 0. The monoisotopic (exact) mass is 522 g/mol. The summed E-state index contributed by atoms with van der Waals surface area (Å²) in [6, 6.07) is 6.27. The van der Waals surface area contributed by atoms with Crippen LogP contribution in [0.15, 0.2) is 30.3 Å². The van der Waals surface area contributed by atoms with Crippen LogP contribution in [0.5, 0.6) is 0 Å². The first-order valence-electron chi connectivity index (χ1n) is 5.38. The van der Waals surface area contributed by atoms with E-state index in [2.05, 4.69) is 0 Å². The number of alkyl halides is 11. The van der Waals surface area contributed by atoms with Gasteiger partial charge in [-0.25, -0.2) is 8.42 Å². The zero-order valence-electron chi connectivity index (χ0n) is 11.2. The molecular formula is C10H5F10IO3S. The van der Waals surface area contributed by atoms with Crippen molar-refractivity contribution in [2.45, 2.75) is 21.5 Å². The lowest BCUT2D eigenvalue weighted by atomic mass is 10.3. The van der Waals surface area contributed by atoms with E-state index < -0.39 is 52.9 Å². The van der Waals surface area contributed by atoms with Crippen molar-refractivity contribution in [3.05, 3.63) is 33.9 Å². The van der Waals surface area contributed by atoms with Crippen LogP contribution >= 0.6 is 0 Å². The number of hydrogen-bond acceptors (Lipinski definition) is 3. The van der Waals surface area contributed by atoms with Gasteiger partial charge < -0.3 is 4.55 Å². The van der Waals surface area contributed by atoms with Gasteiger partial charge in [0.2, 0.25) is 0 Å². The number of halogens is 11. The Morgan fingerprint density at radius 2 is 1.16 bits per heavy atom. The first kappa shape index (κ1) is 24.2. The van der Waals surface area contributed by atoms with Crippen molar-refractivity contribution in [1.29, 1.82) is 0 Å². The van der Waals surface area contributed by atoms with Crippen LogP contribution in [-0.2, 0) is 10.1 Å². The summed E-state index contributed by atoms with van der Waals surface area (Å²) in [7, 11) is -6.09. The van der Waals surface area contributed by atoms with E-state index in [1.165, 1.54) is 18.2 Å². The van der Waals surface area contributed by atoms with E-state index in [0.29, 0.717) is 0 Å². The smallest absolute Gasteiger partial charge is 0.520 e. The summed E-state index contributed by atoms with van der Waals surface area (Å²) in [4.78, 5) is 0. The lowest BCUT2D eigenvalue weighted by Gasteiger charge is -2.19. The van der Waals surface area contributed by atoms with E-state index in [1.807, 2.05) is 0 Å². The summed E-state index contributed by atoms with van der Waals surface area (Å²) >= 11 is -2.78. The van der Waals surface area contributed by atoms with E-state index in [9.17, 15) is 43.9 Å². The molecule has 3 nitrogen and oxygen atoms in total. The third kappa shape index (κ3) is 6.76. The van der Waals surface area contributed by atoms with Crippen molar-refractivity contribution < 1.29 is 78.1 Å². The maximum Gasteiger partial charge on any atom is 0.520 e. The number of hydrogen-bond donors (Lipinski definition) is 0. The molecule has 146 valence electrons. The molecule has 0 heterocycles. The van der Waals surface area contributed by atoms with Crippen LogP contribution in [0.1, 0.15) is 0 Å². The van der Waals surface area contributed by atoms with Crippen LogP contribution in [0, 0.1) is 3.57 Å². The summed E-state index contributed by atoms with van der Waals surface area (Å²) in [5.74, 6) is -6.00. The normalized spacial score (nSPS) is 13.9. The molecular weight excluding hydrogens is 517 g/mol. The Bertz CT molecular complexity index is 654. The zero-order chi connectivity index (χ0) is 20.3. The molecule has 0 amide bonds. The Morgan fingerprint density at radius 1 is 0.800 bits per heavy atom. The Morgan fingerprint density at radius 3 is 1.44 bits per heavy atom. The highest BCUT2D eigenvalue weighted by atomic mass is 127. The maximum atomic E-state index is 13.0. The molecule has 1 rings (SSSR count). The van der Waals surface area contributed by atoms with Crippen LogP contribution in [0.2, 0.25) is 0 Å². The maximum absolute atomic E-state index is 13.0. The highest BCUT2D eigenvalue weighted by Gasteiger charge is 2.81. The van der Waals surface area contributed by atoms with Gasteiger partial charge in [-0.05, 0) is 12.1 Å². The molecule has 0 aliphatic carbocycles. The summed E-state index contributed by atoms with van der Waals surface area (Å²) in [6.07, 6.45) is -6.25. The molecule has 0 saturated heterocycles. The van der Waals surface area contributed by atoms with Crippen molar-refractivity contribution >= 4 is 10.1 Å². The number of benzene rings is 1. The molecule has 0 radical (unpaired) electrons. The fourth-order valence-electron chi connectivity index (χ4n) is 0.835. The fraction of sp³-hybridized carbons (Fsp3) is 0.400. The molecule has 15 heteroatoms. The minimum absolute atomic E-state index is 0.180. The molecule has 0 atom stereocenters. The van der Waals surface area contributed by atoms with Crippen molar-refractivity contribution in [3.63, 3.8) is 0 Å². The van der Waals surface area contributed by atoms with Gasteiger partial charge in [0.05, 0.1) is 0 Å². The van der Waals surface area contributed by atoms with Crippen LogP contribution in [0.3, 0.4) is 0 Å². The van der Waals surface area contributed by atoms with Crippen LogP contribution in [-0.4, -0.2) is 34.5 Å². The van der Waals surface area contributed by atoms with E-state index >= 15 is 0 Å². The second-order valence-electron chi connectivity index (χ2n) is 3.86. The Hall–Kier alpha value is -0.840. The molecule has 0 N–H and O–H groups in total. The third-order valence-corrected chi connectivity index (χ3v) is 5.22. The van der Waals surface area contributed by atoms with Crippen molar-refractivity contribution in [3.8, 4) is 0 Å². The fourth-order valence-corrected chi connectivity index (χ4v) is 3.04. The van der Waals surface area contributed by atoms with Gasteiger partial charge in [0.1, 0.15) is 0 Å². The average molecular weight is 522 g/mol. The highest BCUT2D eigenvalue weighted by Crippen LogP contribution is 2.42. The van der Waals surface area contributed by atoms with Gasteiger partial charge in [-0.3, -0.25) is 0 Å². The molecule has 0 unspecified atom stereocenters. The van der Waals surface area contributed by atoms with Crippen LogP contribution in [0.4, 0.5) is 43.9 Å². The van der Waals surface area contributed by atoms with Gasteiger partial charge in [-0.1, -0.05) is 18.2 Å². The first-order valence-corrected chi connectivity index (χ1v) is 8.95. The quantitative estimate of drug-likeness (QED) is 0.194. The largest absolute Gasteiger partial charge is 0.741 e. The predicted molar refractivity (Wildman–Crippen MR) is 56.8 cm³/mol. The first-order chi connectivity index (χ1) is 10.8. The summed E-state index contributed by atoms with van der Waals surface area (Å²) < 4.78 is 140. The molecule has 0 saturated carbocycles. The Labute approximate surface area is 144 Å². The highest BCUT2D eigenvalue weighted by molar-refractivity contribution is 7.86. The molecule has 25 heavy (non-hydrogen) atoms. The van der Waals surface area contributed by atoms with Crippen molar-refractivity contribution in [2.24, 2.45) is 0 Å². The van der Waals surface area contributed by atoms with Crippen molar-refractivity contribution in [1.82, 2.24) is 0 Å². The zero-order valence-corrected chi connectivity index (χ0v) is 14.2. The van der Waals surface area contributed by atoms with Gasteiger partial charge >= 0.3 is 42.7 Å². The Kier molecular flexibility index (Phi) is 7.55. The van der Waals surface area contributed by atoms with E-state index in [4.69, 9.17) is 13.0 Å². The minimum atomic E-state index is -6.25. The summed E-state index contributed by atoms with van der Waals surface area (Å²) in [6.45, 7) is 0. The standard InChI is InChI=1S/C9H5F7I.CHF3O3S/c10-7(11,8(12,13)14)9(15,16)17-6-4-2-1-3-5-6;2-1(3,4)8(5,6)7/h1-5H;(H,5,6,7)/q+1;/p-1. The van der Waals surface area contributed by atoms with Gasteiger partial charge in [-0.2, -0.15) is 35.1 Å². The van der Waals surface area contributed by atoms with Gasteiger partial charge in [0.25, 0.3) is 0 Å². The molecule has 0 aromatic heterocycles. The van der Waals surface area contributed by atoms with Crippen molar-refractivity contribution in [2.75, 3.05) is 0 Å². The molecule has 0 aliphatic heterocycles. The lowest BCUT2D eigenvalue weighted by molar-refractivity contribution is -0.790. The van der Waals surface area contributed by atoms with Crippen LogP contribution < -0.4 is 21.2 Å². The molecule has 0 fully saturated rings. The molecule has 1 aromatic rings. The second-order valence-corrected chi connectivity index (χ2v) is 8.37. The van der Waals surface area contributed by atoms with E-state index in [0.717, 1.165) is 12.1 Å². The Balaban J connectivity index is 0.000000609. The van der Waals surface area contributed by atoms with E-state index in [-0.39, 0.29) is 3.57 Å². The minimum Gasteiger partial charge on any atom is -0.741 e. The SMILES string of the molecule is FC(F)(F)C(F)(F)C(F)(F)[I+]c1ccccc1.O=S(=O)([O-])C(F)(F)F. The van der Waals surface area contributed by atoms with E-state index in [1.54, 1.807) is 0 Å². The van der Waals surface area contributed by atoms with Gasteiger partial charge in [0, 0.05) is 0 Å². The van der Waals surface area contributed by atoms with Gasteiger partial charge in [-0.15, -0.1) is 8.78 Å². The average Bonchev–Trinajstić information content (AvgIpc) is 2.36. The predicted octanol–water partition coefficient (Wildman–Crippen LogP) is 0.787.